The van der Waals surface area contributed by atoms with Crippen LogP contribution in [0.1, 0.15) is 43.5 Å². The van der Waals surface area contributed by atoms with Crippen LogP contribution in [0, 0.1) is 11.8 Å². The second kappa shape index (κ2) is 6.55. The molecule has 4 nitrogen and oxygen atoms in total. The molecule has 1 amide bonds. The lowest BCUT2D eigenvalue weighted by Gasteiger charge is -2.12. The molecular weight excluding hydrogens is 238 g/mol. The molecule has 1 unspecified atom stereocenters. The van der Waals surface area contributed by atoms with Crippen LogP contribution in [0.2, 0.25) is 0 Å². The molecule has 1 aromatic heterocycles. The van der Waals surface area contributed by atoms with Crippen LogP contribution in [0.5, 0.6) is 0 Å². The van der Waals surface area contributed by atoms with E-state index in [1.807, 2.05) is 6.07 Å². The Balaban J connectivity index is 1.86. The fraction of sp³-hybridized carbons (Fsp3) is 0.600. The van der Waals surface area contributed by atoms with Crippen LogP contribution in [-0.4, -0.2) is 24.0 Å². The molecule has 1 saturated carbocycles. The third kappa shape index (κ3) is 4.23. The van der Waals surface area contributed by atoms with Crippen LogP contribution in [-0.2, 0) is 0 Å². The summed E-state index contributed by atoms with van der Waals surface area (Å²) in [5.41, 5.74) is 0.677. The molecule has 0 bridgehead atoms. The second-order valence-corrected chi connectivity index (χ2v) is 5.38. The molecule has 0 radical (unpaired) electrons. The Hall–Kier alpha value is -1.58. The van der Waals surface area contributed by atoms with Gasteiger partial charge in [-0.25, -0.2) is 4.98 Å². The van der Waals surface area contributed by atoms with Crippen molar-refractivity contribution in [1.29, 1.82) is 0 Å². The molecule has 1 aliphatic rings. The maximum absolute atomic E-state index is 12.1. The maximum Gasteiger partial charge on any atom is 0.251 e. The summed E-state index contributed by atoms with van der Waals surface area (Å²) >= 11 is 0. The van der Waals surface area contributed by atoms with Crippen molar-refractivity contribution >= 4 is 11.7 Å². The van der Waals surface area contributed by atoms with Gasteiger partial charge in [-0.3, -0.25) is 4.79 Å². The Morgan fingerprint density at radius 2 is 2.32 bits per heavy atom. The van der Waals surface area contributed by atoms with Crippen LogP contribution in [0.4, 0.5) is 5.82 Å². The average molecular weight is 261 g/mol. The van der Waals surface area contributed by atoms with Crippen molar-refractivity contribution in [3.05, 3.63) is 23.9 Å². The van der Waals surface area contributed by atoms with E-state index in [9.17, 15) is 4.79 Å². The quantitative estimate of drug-likeness (QED) is 0.793. The first-order valence-electron chi connectivity index (χ1n) is 7.18. The lowest BCUT2D eigenvalue weighted by atomic mass is 10.1. The molecule has 104 valence electrons. The van der Waals surface area contributed by atoms with E-state index in [1.165, 1.54) is 12.8 Å². The average Bonchev–Trinajstić information content (AvgIpc) is 3.27. The molecular formula is C15H23N3O. The number of carbonyl (C=O) groups is 1. The molecule has 1 aromatic rings. The number of anilines is 1. The fourth-order valence-electron chi connectivity index (χ4n) is 2.11. The van der Waals surface area contributed by atoms with Crippen molar-refractivity contribution in [1.82, 2.24) is 10.3 Å². The van der Waals surface area contributed by atoms with Crippen LogP contribution < -0.4 is 10.6 Å². The number of amides is 1. The van der Waals surface area contributed by atoms with E-state index in [0.29, 0.717) is 11.5 Å². The van der Waals surface area contributed by atoms with Gasteiger partial charge in [0, 0.05) is 24.8 Å². The van der Waals surface area contributed by atoms with Gasteiger partial charge in [0.1, 0.15) is 5.82 Å². The number of nitrogens with zero attached hydrogens (tertiary/aromatic N) is 1. The van der Waals surface area contributed by atoms with E-state index in [-0.39, 0.29) is 5.91 Å². The van der Waals surface area contributed by atoms with Gasteiger partial charge in [0.2, 0.25) is 0 Å². The molecule has 1 fully saturated rings. The van der Waals surface area contributed by atoms with Gasteiger partial charge in [0.25, 0.3) is 5.91 Å². The van der Waals surface area contributed by atoms with Crippen molar-refractivity contribution in [3.63, 3.8) is 0 Å². The summed E-state index contributed by atoms with van der Waals surface area (Å²) < 4.78 is 0. The third-order valence-electron chi connectivity index (χ3n) is 3.59. The summed E-state index contributed by atoms with van der Waals surface area (Å²) in [6.45, 7) is 5.95. The third-order valence-corrected chi connectivity index (χ3v) is 3.59. The number of hydrogen-bond acceptors (Lipinski definition) is 3. The smallest absolute Gasteiger partial charge is 0.251 e. The predicted molar refractivity (Wildman–Crippen MR) is 77.2 cm³/mol. The summed E-state index contributed by atoms with van der Waals surface area (Å²) in [4.78, 5) is 16.3. The Morgan fingerprint density at radius 1 is 1.53 bits per heavy atom. The van der Waals surface area contributed by atoms with Crippen molar-refractivity contribution in [3.8, 4) is 0 Å². The lowest BCUT2D eigenvalue weighted by molar-refractivity contribution is 0.0946. The van der Waals surface area contributed by atoms with Crippen molar-refractivity contribution in [2.45, 2.75) is 33.1 Å². The van der Waals surface area contributed by atoms with Crippen molar-refractivity contribution in [2.24, 2.45) is 11.8 Å². The minimum Gasteiger partial charge on any atom is -0.370 e. The molecule has 19 heavy (non-hydrogen) atoms. The number of rotatable bonds is 7. The lowest BCUT2D eigenvalue weighted by Crippen LogP contribution is -2.29. The SMILES string of the molecule is CCCNc1cc(C(=O)NCC(C)C2CC2)ccn1. The molecule has 1 atom stereocenters. The van der Waals surface area contributed by atoms with Gasteiger partial charge in [-0.2, -0.15) is 0 Å². The summed E-state index contributed by atoms with van der Waals surface area (Å²) in [6.07, 6.45) is 5.35. The number of pyridine rings is 1. The standard InChI is InChI=1S/C15H23N3O/c1-3-7-16-14-9-13(6-8-17-14)15(19)18-10-11(2)12-4-5-12/h6,8-9,11-12H,3-5,7,10H2,1-2H3,(H,16,17)(H,18,19). The summed E-state index contributed by atoms with van der Waals surface area (Å²) in [7, 11) is 0. The number of hydrogen-bond donors (Lipinski definition) is 2. The maximum atomic E-state index is 12.1. The highest BCUT2D eigenvalue weighted by molar-refractivity contribution is 5.94. The Morgan fingerprint density at radius 3 is 3.00 bits per heavy atom. The fourth-order valence-corrected chi connectivity index (χ4v) is 2.11. The van der Waals surface area contributed by atoms with Gasteiger partial charge in [0.15, 0.2) is 0 Å². The van der Waals surface area contributed by atoms with Crippen LogP contribution in [0.15, 0.2) is 18.3 Å². The zero-order chi connectivity index (χ0) is 13.7. The van der Waals surface area contributed by atoms with E-state index >= 15 is 0 Å². The first-order chi connectivity index (χ1) is 9.20. The molecule has 0 aliphatic heterocycles. The summed E-state index contributed by atoms with van der Waals surface area (Å²) in [5.74, 6) is 2.17. The minimum absolute atomic E-state index is 0.00514. The first kappa shape index (κ1) is 13.8. The monoisotopic (exact) mass is 261 g/mol. The highest BCUT2D eigenvalue weighted by atomic mass is 16.1. The summed E-state index contributed by atoms with van der Waals surface area (Å²) in [5, 5.41) is 6.20. The minimum atomic E-state index is -0.00514. The molecule has 2 rings (SSSR count). The molecule has 4 heteroatoms. The number of nitrogens with one attached hydrogen (secondary N) is 2. The largest absolute Gasteiger partial charge is 0.370 e. The van der Waals surface area contributed by atoms with Crippen LogP contribution in [0.3, 0.4) is 0 Å². The van der Waals surface area contributed by atoms with Gasteiger partial charge in [0.05, 0.1) is 0 Å². The zero-order valence-corrected chi connectivity index (χ0v) is 11.8. The molecule has 0 spiro atoms. The van der Waals surface area contributed by atoms with E-state index in [0.717, 1.165) is 31.2 Å². The van der Waals surface area contributed by atoms with Gasteiger partial charge < -0.3 is 10.6 Å². The van der Waals surface area contributed by atoms with Gasteiger partial charge >= 0.3 is 0 Å². The molecule has 1 aliphatic carbocycles. The normalized spacial score (nSPS) is 15.9. The Labute approximate surface area is 115 Å². The topological polar surface area (TPSA) is 54.0 Å². The number of carbonyl (C=O) groups excluding carboxylic acids is 1. The Kier molecular flexibility index (Phi) is 4.77. The first-order valence-corrected chi connectivity index (χ1v) is 7.18. The highest BCUT2D eigenvalue weighted by Gasteiger charge is 2.27. The molecule has 2 N–H and O–H groups in total. The van der Waals surface area contributed by atoms with Crippen LogP contribution >= 0.6 is 0 Å². The van der Waals surface area contributed by atoms with Gasteiger partial charge in [-0.15, -0.1) is 0 Å². The van der Waals surface area contributed by atoms with E-state index < -0.39 is 0 Å². The summed E-state index contributed by atoms with van der Waals surface area (Å²) in [6, 6.07) is 3.57. The highest BCUT2D eigenvalue weighted by Crippen LogP contribution is 2.36. The molecule has 0 saturated heterocycles. The van der Waals surface area contributed by atoms with Crippen molar-refractivity contribution < 1.29 is 4.79 Å². The van der Waals surface area contributed by atoms with Crippen molar-refractivity contribution in [2.75, 3.05) is 18.4 Å². The molecule has 0 aromatic carbocycles. The van der Waals surface area contributed by atoms with E-state index in [1.54, 1.807) is 12.3 Å². The van der Waals surface area contributed by atoms with Crippen LogP contribution in [0.25, 0.3) is 0 Å². The number of aromatic nitrogens is 1. The van der Waals surface area contributed by atoms with E-state index in [4.69, 9.17) is 0 Å². The van der Waals surface area contributed by atoms with E-state index in [2.05, 4.69) is 29.5 Å². The van der Waals surface area contributed by atoms with Gasteiger partial charge in [-0.1, -0.05) is 13.8 Å². The second-order valence-electron chi connectivity index (χ2n) is 5.38. The Bertz CT molecular complexity index is 429. The predicted octanol–water partition coefficient (Wildman–Crippen LogP) is 2.68. The van der Waals surface area contributed by atoms with Gasteiger partial charge in [-0.05, 0) is 43.2 Å². The molecule has 1 heterocycles. The zero-order valence-electron chi connectivity index (χ0n) is 11.8.